The van der Waals surface area contributed by atoms with Crippen LogP contribution in [0.1, 0.15) is 32.6 Å². The molecule has 0 saturated heterocycles. The zero-order valence-electron chi connectivity index (χ0n) is 13.4. The molecule has 1 N–H and O–H groups in total. The number of nitrogens with zero attached hydrogens (tertiary/aromatic N) is 2. The van der Waals surface area contributed by atoms with E-state index in [9.17, 15) is 10.1 Å². The predicted molar refractivity (Wildman–Crippen MR) is 86.9 cm³/mol. The average molecular weight is 319 g/mol. The number of nitro groups is 1. The first-order valence-corrected chi connectivity index (χ1v) is 7.66. The number of hydrogen-bond donors (Lipinski definition) is 1. The van der Waals surface area contributed by atoms with E-state index in [0.717, 1.165) is 25.7 Å². The fraction of sp³-hybridized carbons (Fsp3) is 0.438. The Bertz CT molecular complexity index is 641. The second-order valence-electron chi connectivity index (χ2n) is 5.13. The van der Waals surface area contributed by atoms with E-state index >= 15 is 0 Å². The lowest BCUT2D eigenvalue weighted by Crippen LogP contribution is -2.03. The first-order valence-electron chi connectivity index (χ1n) is 7.66. The summed E-state index contributed by atoms with van der Waals surface area (Å²) in [5.41, 5.74) is 0.461. The molecule has 0 radical (unpaired) electrons. The number of hydrogen-bond acceptors (Lipinski definition) is 5. The van der Waals surface area contributed by atoms with E-state index in [-0.39, 0.29) is 11.4 Å². The molecule has 23 heavy (non-hydrogen) atoms. The van der Waals surface area contributed by atoms with Crippen molar-refractivity contribution in [3.05, 3.63) is 34.6 Å². The number of H-pyrrole nitrogens is 1. The third-order valence-electron chi connectivity index (χ3n) is 3.47. The van der Waals surface area contributed by atoms with Crippen LogP contribution in [0, 0.1) is 10.1 Å². The second-order valence-corrected chi connectivity index (χ2v) is 5.13. The van der Waals surface area contributed by atoms with Gasteiger partial charge in [0.05, 0.1) is 18.6 Å². The Labute approximate surface area is 134 Å². The monoisotopic (exact) mass is 319 g/mol. The van der Waals surface area contributed by atoms with Crippen molar-refractivity contribution in [2.45, 2.75) is 32.6 Å². The van der Waals surface area contributed by atoms with Gasteiger partial charge in [-0.3, -0.25) is 10.1 Å². The van der Waals surface area contributed by atoms with Gasteiger partial charge < -0.3 is 14.5 Å². The van der Waals surface area contributed by atoms with Crippen molar-refractivity contribution in [1.82, 2.24) is 9.97 Å². The minimum Gasteiger partial charge on any atom is -0.493 e. The number of unbranched alkanes of at least 4 members (excludes halogenated alkanes) is 3. The molecular weight excluding hydrogens is 298 g/mol. The van der Waals surface area contributed by atoms with Gasteiger partial charge in [-0.1, -0.05) is 26.2 Å². The quantitative estimate of drug-likeness (QED) is 0.429. The molecule has 0 amide bonds. The lowest BCUT2D eigenvalue weighted by molar-refractivity contribution is -0.385. The predicted octanol–water partition coefficient (Wildman–Crippen LogP) is 3.95. The first-order chi connectivity index (χ1) is 11.2. The molecule has 0 aliphatic heterocycles. The zero-order valence-corrected chi connectivity index (χ0v) is 13.4. The van der Waals surface area contributed by atoms with Gasteiger partial charge in [-0.25, -0.2) is 4.98 Å². The summed E-state index contributed by atoms with van der Waals surface area (Å²) in [7, 11) is 1.47. The molecule has 0 fully saturated rings. The number of aromatic amines is 1. The summed E-state index contributed by atoms with van der Waals surface area (Å²) in [5.74, 6) is 1.05. The normalized spacial score (nSPS) is 10.5. The number of rotatable bonds is 9. The van der Waals surface area contributed by atoms with Crippen molar-refractivity contribution in [3.63, 3.8) is 0 Å². The Morgan fingerprint density at radius 2 is 2.13 bits per heavy atom. The zero-order chi connectivity index (χ0) is 16.7. The van der Waals surface area contributed by atoms with Gasteiger partial charge in [0, 0.05) is 24.0 Å². The average Bonchev–Trinajstić information content (AvgIpc) is 3.08. The number of benzene rings is 1. The van der Waals surface area contributed by atoms with E-state index in [1.54, 1.807) is 18.5 Å². The number of aromatic nitrogens is 2. The molecule has 7 nitrogen and oxygen atoms in total. The third kappa shape index (κ3) is 4.21. The number of nitro benzene ring substituents is 1. The number of imidazole rings is 1. The van der Waals surface area contributed by atoms with Crippen LogP contribution in [0.3, 0.4) is 0 Å². The van der Waals surface area contributed by atoms with Gasteiger partial charge in [0.15, 0.2) is 5.75 Å². The molecule has 124 valence electrons. The molecule has 2 aromatic rings. The Hall–Kier alpha value is -2.57. The van der Waals surface area contributed by atoms with Crippen molar-refractivity contribution >= 4 is 5.69 Å². The van der Waals surface area contributed by atoms with Gasteiger partial charge in [0.1, 0.15) is 5.82 Å². The molecule has 0 spiro atoms. The molecule has 0 aliphatic rings. The highest BCUT2D eigenvalue weighted by molar-refractivity contribution is 5.69. The van der Waals surface area contributed by atoms with E-state index in [2.05, 4.69) is 16.9 Å². The van der Waals surface area contributed by atoms with Crippen molar-refractivity contribution in [2.75, 3.05) is 13.7 Å². The van der Waals surface area contributed by atoms with E-state index in [0.29, 0.717) is 23.7 Å². The van der Waals surface area contributed by atoms with Gasteiger partial charge in [0.2, 0.25) is 5.75 Å². The van der Waals surface area contributed by atoms with Gasteiger partial charge in [0.25, 0.3) is 0 Å². The molecule has 0 unspecified atom stereocenters. The van der Waals surface area contributed by atoms with Crippen LogP contribution in [0.15, 0.2) is 24.5 Å². The van der Waals surface area contributed by atoms with Crippen LogP contribution in [0.4, 0.5) is 5.69 Å². The molecule has 0 saturated carbocycles. The first kappa shape index (κ1) is 16.8. The fourth-order valence-electron chi connectivity index (χ4n) is 2.28. The second kappa shape index (κ2) is 8.17. The van der Waals surface area contributed by atoms with Gasteiger partial charge in [-0.2, -0.15) is 0 Å². The molecule has 7 heteroatoms. The highest BCUT2D eigenvalue weighted by Gasteiger charge is 2.23. The van der Waals surface area contributed by atoms with E-state index in [1.165, 1.54) is 13.2 Å². The summed E-state index contributed by atoms with van der Waals surface area (Å²) in [6.45, 7) is 2.55. The van der Waals surface area contributed by atoms with Crippen LogP contribution >= 0.6 is 0 Å². The van der Waals surface area contributed by atoms with Crippen molar-refractivity contribution in [3.8, 4) is 22.9 Å². The summed E-state index contributed by atoms with van der Waals surface area (Å²) in [6, 6.07) is 3.13. The molecule has 0 aliphatic carbocycles. The third-order valence-corrected chi connectivity index (χ3v) is 3.47. The molecule has 2 rings (SSSR count). The fourth-order valence-corrected chi connectivity index (χ4v) is 2.28. The summed E-state index contributed by atoms with van der Waals surface area (Å²) in [5, 5.41) is 11.4. The topological polar surface area (TPSA) is 90.3 Å². The molecule has 0 atom stereocenters. The van der Waals surface area contributed by atoms with Gasteiger partial charge in [-0.05, 0) is 12.5 Å². The van der Waals surface area contributed by atoms with E-state index in [1.807, 2.05) is 0 Å². The molecule has 0 bridgehead atoms. The van der Waals surface area contributed by atoms with Crippen molar-refractivity contribution in [1.29, 1.82) is 0 Å². The Balaban J connectivity index is 2.27. The van der Waals surface area contributed by atoms with Gasteiger partial charge >= 0.3 is 5.69 Å². The number of nitrogens with one attached hydrogen (secondary N) is 1. The lowest BCUT2D eigenvalue weighted by atomic mass is 10.1. The van der Waals surface area contributed by atoms with Crippen LogP contribution in [-0.4, -0.2) is 28.6 Å². The number of methoxy groups -OCH3 is 1. The standard InChI is InChI=1S/C16H21N3O4/c1-3-4-5-6-9-23-15-13(19(20)21)10-12(11-14(15)22-2)16-17-7-8-18-16/h7-8,10-11H,3-6,9H2,1-2H3,(H,17,18). The van der Waals surface area contributed by atoms with Crippen molar-refractivity contribution in [2.24, 2.45) is 0 Å². The largest absolute Gasteiger partial charge is 0.493 e. The highest BCUT2D eigenvalue weighted by Crippen LogP contribution is 2.40. The Kier molecular flexibility index (Phi) is 5.96. The molecular formula is C16H21N3O4. The van der Waals surface area contributed by atoms with Crippen LogP contribution in [0.5, 0.6) is 11.5 Å². The summed E-state index contributed by atoms with van der Waals surface area (Å²) >= 11 is 0. The molecule has 1 aromatic heterocycles. The van der Waals surface area contributed by atoms with Crippen LogP contribution in [-0.2, 0) is 0 Å². The smallest absolute Gasteiger partial charge is 0.315 e. The molecule has 1 aromatic carbocycles. The summed E-state index contributed by atoms with van der Waals surface area (Å²) in [4.78, 5) is 18.0. The lowest BCUT2D eigenvalue weighted by Gasteiger charge is -2.12. The Morgan fingerprint density at radius 3 is 2.74 bits per heavy atom. The van der Waals surface area contributed by atoms with Crippen LogP contribution in [0.2, 0.25) is 0 Å². The maximum absolute atomic E-state index is 11.4. The van der Waals surface area contributed by atoms with Crippen molar-refractivity contribution < 1.29 is 14.4 Å². The van der Waals surface area contributed by atoms with Gasteiger partial charge in [-0.15, -0.1) is 0 Å². The van der Waals surface area contributed by atoms with E-state index < -0.39 is 4.92 Å². The maximum atomic E-state index is 11.4. The summed E-state index contributed by atoms with van der Waals surface area (Å²) in [6.07, 6.45) is 7.39. The Morgan fingerprint density at radius 1 is 1.30 bits per heavy atom. The highest BCUT2D eigenvalue weighted by atomic mass is 16.6. The molecule has 1 heterocycles. The minimum absolute atomic E-state index is 0.119. The van der Waals surface area contributed by atoms with E-state index in [4.69, 9.17) is 9.47 Å². The summed E-state index contributed by atoms with van der Waals surface area (Å²) < 4.78 is 10.9. The maximum Gasteiger partial charge on any atom is 0.315 e. The SMILES string of the molecule is CCCCCCOc1c(OC)cc(-c2ncc[nH]2)cc1[N+](=O)[O-]. The van der Waals surface area contributed by atoms with Crippen LogP contribution in [0.25, 0.3) is 11.4 Å². The minimum atomic E-state index is -0.462. The number of ether oxygens (including phenoxy) is 2. The van der Waals surface area contributed by atoms with Crippen LogP contribution < -0.4 is 9.47 Å².